The Hall–Kier alpha value is -4.56. The fourth-order valence-corrected chi connectivity index (χ4v) is 4.74. The summed E-state index contributed by atoms with van der Waals surface area (Å²) in [5.74, 6) is -0.0753. The van der Waals surface area contributed by atoms with E-state index in [9.17, 15) is 14.4 Å². The first-order valence-electron chi connectivity index (χ1n) is 13.7. The highest BCUT2D eigenvalue weighted by Gasteiger charge is 2.26. The van der Waals surface area contributed by atoms with E-state index >= 15 is 0 Å². The standard InChI is InChI=1S/C27H32N10O4/c1-28-21-13-16(24(39)29-6-7-36-8-10-41-11-9-36)2-5-20(21)32-26-34-23-18(12-17-14-22(38)33-25(17)40)15-30-37(23)27(35-26)31-19-3-4-19/h2,5,12-13,15,19,28H,3-4,6-11,14H2,1H3,(H,29,39)(H,33,38,40)(H2,31,32,34,35)/b17-12+. The number of nitrogens with zero attached hydrogens (tertiary/aromatic N) is 5. The zero-order valence-electron chi connectivity index (χ0n) is 22.7. The fraction of sp³-hybridized carbons (Fsp3) is 0.407. The summed E-state index contributed by atoms with van der Waals surface area (Å²) in [6.07, 6.45) is 5.31. The molecular weight excluding hydrogens is 528 g/mol. The van der Waals surface area contributed by atoms with E-state index in [1.54, 1.807) is 42.0 Å². The summed E-state index contributed by atoms with van der Waals surface area (Å²) < 4.78 is 6.96. The van der Waals surface area contributed by atoms with Gasteiger partial charge in [0.2, 0.25) is 17.8 Å². The number of hydrogen-bond acceptors (Lipinski definition) is 11. The lowest BCUT2D eigenvalue weighted by atomic mass is 10.1. The maximum atomic E-state index is 12.8. The van der Waals surface area contributed by atoms with Gasteiger partial charge in [0.15, 0.2) is 5.65 Å². The van der Waals surface area contributed by atoms with Crippen LogP contribution < -0.4 is 26.6 Å². The summed E-state index contributed by atoms with van der Waals surface area (Å²) in [4.78, 5) is 48.2. The Balaban J connectivity index is 1.22. The van der Waals surface area contributed by atoms with Gasteiger partial charge in [-0.1, -0.05) is 0 Å². The average Bonchev–Trinajstić information content (AvgIpc) is 3.61. The van der Waals surface area contributed by atoms with Gasteiger partial charge in [-0.2, -0.15) is 19.6 Å². The molecule has 14 heteroatoms. The van der Waals surface area contributed by atoms with Crippen LogP contribution in [0.3, 0.4) is 0 Å². The van der Waals surface area contributed by atoms with Crippen molar-refractivity contribution in [3.63, 3.8) is 0 Å². The molecule has 14 nitrogen and oxygen atoms in total. The molecule has 2 aromatic heterocycles. The van der Waals surface area contributed by atoms with Crippen molar-refractivity contribution in [2.75, 3.05) is 62.4 Å². The largest absolute Gasteiger partial charge is 0.386 e. The van der Waals surface area contributed by atoms with Crippen LogP contribution in [0.2, 0.25) is 0 Å². The van der Waals surface area contributed by atoms with Gasteiger partial charge in [0.1, 0.15) is 0 Å². The van der Waals surface area contributed by atoms with Crippen molar-refractivity contribution in [2.45, 2.75) is 25.3 Å². The normalized spacial score (nSPS) is 18.5. The molecule has 1 saturated carbocycles. The van der Waals surface area contributed by atoms with Crippen LogP contribution >= 0.6 is 0 Å². The topological polar surface area (TPSA) is 167 Å². The third kappa shape index (κ3) is 6.12. The number of anilines is 4. The summed E-state index contributed by atoms with van der Waals surface area (Å²) in [7, 11) is 1.78. The number of carbonyl (C=O) groups is 3. The number of aromatic nitrogens is 4. The Kier molecular flexibility index (Phi) is 7.48. The number of hydrogen-bond donors (Lipinski definition) is 5. The van der Waals surface area contributed by atoms with Crippen molar-refractivity contribution >= 4 is 52.7 Å². The van der Waals surface area contributed by atoms with Gasteiger partial charge >= 0.3 is 0 Å². The van der Waals surface area contributed by atoms with E-state index in [-0.39, 0.29) is 18.2 Å². The molecule has 41 heavy (non-hydrogen) atoms. The molecule has 3 fully saturated rings. The zero-order valence-corrected chi connectivity index (χ0v) is 22.7. The summed E-state index contributed by atoms with van der Waals surface area (Å²) in [5.41, 5.74) is 3.33. The Morgan fingerprint density at radius 3 is 2.73 bits per heavy atom. The van der Waals surface area contributed by atoms with E-state index in [4.69, 9.17) is 4.74 Å². The second-order valence-electron chi connectivity index (χ2n) is 10.2. The Labute approximate surface area is 235 Å². The van der Waals surface area contributed by atoms with Crippen molar-refractivity contribution in [1.29, 1.82) is 0 Å². The van der Waals surface area contributed by atoms with Crippen LogP contribution in [0.4, 0.5) is 23.3 Å². The van der Waals surface area contributed by atoms with Crippen LogP contribution in [0.5, 0.6) is 0 Å². The molecule has 6 rings (SSSR count). The highest BCUT2D eigenvalue weighted by molar-refractivity contribution is 6.15. The molecule has 0 unspecified atom stereocenters. The SMILES string of the molecule is CNc1cc(C(=O)NCCN2CCOCC2)ccc1Nc1nc(NC2CC2)n2ncc(/C=C3\CC(=O)NC3=O)c2n1. The fourth-order valence-electron chi connectivity index (χ4n) is 4.74. The first kappa shape index (κ1) is 26.7. The molecule has 3 amide bonds. The Morgan fingerprint density at radius 1 is 1.17 bits per heavy atom. The third-order valence-electron chi connectivity index (χ3n) is 7.15. The van der Waals surface area contributed by atoms with E-state index in [1.807, 2.05) is 0 Å². The second-order valence-corrected chi connectivity index (χ2v) is 10.2. The molecule has 0 bridgehead atoms. The van der Waals surface area contributed by atoms with E-state index in [0.29, 0.717) is 58.2 Å². The first-order chi connectivity index (χ1) is 20.0. The van der Waals surface area contributed by atoms with Crippen molar-refractivity contribution in [3.8, 4) is 0 Å². The molecule has 1 aromatic carbocycles. The molecule has 214 valence electrons. The minimum atomic E-state index is -0.415. The molecule has 0 spiro atoms. The van der Waals surface area contributed by atoms with Gasteiger partial charge in [-0.3, -0.25) is 24.6 Å². The number of ether oxygens (including phenoxy) is 1. The predicted molar refractivity (Wildman–Crippen MR) is 152 cm³/mol. The maximum absolute atomic E-state index is 12.8. The highest BCUT2D eigenvalue weighted by atomic mass is 16.5. The molecule has 3 aromatic rings. The number of rotatable bonds is 10. The van der Waals surface area contributed by atoms with E-state index in [2.05, 4.69) is 46.6 Å². The van der Waals surface area contributed by atoms with Crippen molar-refractivity contribution in [3.05, 3.63) is 41.1 Å². The van der Waals surface area contributed by atoms with Gasteiger partial charge in [-0.25, -0.2) is 0 Å². The van der Waals surface area contributed by atoms with Gasteiger partial charge in [0, 0.05) is 56.0 Å². The van der Waals surface area contributed by atoms with Crippen LogP contribution in [0, 0.1) is 0 Å². The monoisotopic (exact) mass is 560 g/mol. The van der Waals surface area contributed by atoms with Gasteiger partial charge in [-0.15, -0.1) is 0 Å². The van der Waals surface area contributed by atoms with Crippen LogP contribution in [0.1, 0.15) is 35.2 Å². The van der Waals surface area contributed by atoms with Gasteiger partial charge in [0.05, 0.1) is 37.2 Å². The lowest BCUT2D eigenvalue weighted by Gasteiger charge is -2.26. The molecule has 1 aliphatic carbocycles. The lowest BCUT2D eigenvalue weighted by molar-refractivity contribution is -0.124. The molecule has 3 aliphatic rings. The van der Waals surface area contributed by atoms with Gasteiger partial charge in [-0.05, 0) is 37.1 Å². The molecule has 2 aliphatic heterocycles. The second kappa shape index (κ2) is 11.5. The number of benzene rings is 1. The van der Waals surface area contributed by atoms with Crippen LogP contribution in [0.15, 0.2) is 30.0 Å². The number of fused-ring (bicyclic) bond motifs is 1. The summed E-state index contributed by atoms with van der Waals surface area (Å²) in [6.45, 7) is 4.52. The highest BCUT2D eigenvalue weighted by Crippen LogP contribution is 2.29. The van der Waals surface area contributed by atoms with Crippen LogP contribution in [0.25, 0.3) is 11.7 Å². The van der Waals surface area contributed by atoms with Crippen molar-refractivity contribution < 1.29 is 19.1 Å². The summed E-state index contributed by atoms with van der Waals surface area (Å²) in [5, 5.41) is 19.5. The number of morpholine rings is 1. The minimum absolute atomic E-state index is 0.0121. The number of amides is 3. The predicted octanol–water partition coefficient (Wildman–Crippen LogP) is 0.976. The van der Waals surface area contributed by atoms with Crippen molar-refractivity contribution in [2.24, 2.45) is 0 Å². The maximum Gasteiger partial charge on any atom is 0.254 e. The van der Waals surface area contributed by atoms with E-state index in [1.165, 1.54) is 0 Å². The van der Waals surface area contributed by atoms with Crippen molar-refractivity contribution in [1.82, 2.24) is 35.1 Å². The van der Waals surface area contributed by atoms with E-state index < -0.39 is 5.91 Å². The number of imide groups is 1. The summed E-state index contributed by atoms with van der Waals surface area (Å²) >= 11 is 0. The quantitative estimate of drug-likeness (QED) is 0.177. The van der Waals surface area contributed by atoms with Crippen LogP contribution in [-0.4, -0.2) is 94.7 Å². The van der Waals surface area contributed by atoms with Gasteiger partial charge < -0.3 is 26.0 Å². The first-order valence-corrected chi connectivity index (χ1v) is 13.7. The van der Waals surface area contributed by atoms with E-state index in [0.717, 1.165) is 45.7 Å². The Bertz CT molecular complexity index is 1520. The molecule has 0 radical (unpaired) electrons. The number of carbonyl (C=O) groups excluding carboxylic acids is 3. The molecule has 5 N–H and O–H groups in total. The summed E-state index contributed by atoms with van der Waals surface area (Å²) in [6, 6.07) is 5.63. The van der Waals surface area contributed by atoms with Gasteiger partial charge in [0.25, 0.3) is 11.8 Å². The molecule has 0 atom stereocenters. The Morgan fingerprint density at radius 2 is 2.00 bits per heavy atom. The smallest absolute Gasteiger partial charge is 0.254 e. The number of nitrogens with one attached hydrogen (secondary N) is 5. The lowest BCUT2D eigenvalue weighted by Crippen LogP contribution is -2.41. The third-order valence-corrected chi connectivity index (χ3v) is 7.15. The molecule has 4 heterocycles. The van der Waals surface area contributed by atoms with Crippen LogP contribution in [-0.2, 0) is 14.3 Å². The zero-order chi connectivity index (χ0) is 28.3. The molecule has 2 saturated heterocycles. The minimum Gasteiger partial charge on any atom is -0.386 e. The molecular formula is C27H32N10O4. The average molecular weight is 561 g/mol.